The summed E-state index contributed by atoms with van der Waals surface area (Å²) in [7, 11) is 0. The highest BCUT2D eigenvalue weighted by Crippen LogP contribution is 2.30. The SMILES string of the molecule is CC1(c2ccc([N+](=O)[O-])cc2)NC(=O)N(CC(=O)c2ccccc2)C1=O. The van der Waals surface area contributed by atoms with Gasteiger partial charge in [-0.05, 0) is 24.6 Å². The zero-order valence-corrected chi connectivity index (χ0v) is 13.8. The Morgan fingerprint density at radius 1 is 1.12 bits per heavy atom. The maximum absolute atomic E-state index is 12.8. The normalized spacial score (nSPS) is 19.3. The monoisotopic (exact) mass is 353 g/mol. The van der Waals surface area contributed by atoms with Gasteiger partial charge in [-0.15, -0.1) is 0 Å². The summed E-state index contributed by atoms with van der Waals surface area (Å²) in [6.07, 6.45) is 0. The van der Waals surface area contributed by atoms with Crippen LogP contribution in [0.4, 0.5) is 10.5 Å². The van der Waals surface area contributed by atoms with Crippen LogP contribution in [0.1, 0.15) is 22.8 Å². The van der Waals surface area contributed by atoms with Gasteiger partial charge in [0.2, 0.25) is 0 Å². The van der Waals surface area contributed by atoms with Crippen LogP contribution in [-0.2, 0) is 10.3 Å². The van der Waals surface area contributed by atoms with Crippen molar-refractivity contribution in [2.75, 3.05) is 6.54 Å². The first kappa shape index (κ1) is 17.3. The van der Waals surface area contributed by atoms with Crippen LogP contribution in [0.2, 0.25) is 0 Å². The third-order valence-corrected chi connectivity index (χ3v) is 4.33. The molecule has 8 heteroatoms. The van der Waals surface area contributed by atoms with Gasteiger partial charge in [0.25, 0.3) is 11.6 Å². The zero-order chi connectivity index (χ0) is 18.9. The number of nitro benzene ring substituents is 1. The Hall–Kier alpha value is -3.55. The Kier molecular flexibility index (Phi) is 4.25. The number of Topliss-reactive ketones (excluding diaryl/α,β-unsaturated/α-hetero) is 1. The molecule has 0 aromatic heterocycles. The summed E-state index contributed by atoms with van der Waals surface area (Å²) in [5.41, 5.74) is -0.707. The fraction of sp³-hybridized carbons (Fsp3) is 0.167. The van der Waals surface area contributed by atoms with Crippen molar-refractivity contribution in [3.05, 3.63) is 75.8 Å². The van der Waals surface area contributed by atoms with Gasteiger partial charge in [-0.3, -0.25) is 24.6 Å². The molecule has 1 N–H and O–H groups in total. The van der Waals surface area contributed by atoms with E-state index in [1.165, 1.54) is 31.2 Å². The van der Waals surface area contributed by atoms with Crippen molar-refractivity contribution in [1.29, 1.82) is 0 Å². The minimum atomic E-state index is -1.39. The van der Waals surface area contributed by atoms with Crippen molar-refractivity contribution in [2.24, 2.45) is 0 Å². The molecule has 0 spiro atoms. The Bertz CT molecular complexity index is 895. The minimum absolute atomic E-state index is 0.120. The van der Waals surface area contributed by atoms with Crippen molar-refractivity contribution < 1.29 is 19.3 Å². The van der Waals surface area contributed by atoms with Gasteiger partial charge in [0.15, 0.2) is 5.78 Å². The van der Waals surface area contributed by atoms with E-state index in [0.717, 1.165) is 4.90 Å². The summed E-state index contributed by atoms with van der Waals surface area (Å²) < 4.78 is 0. The first-order valence-corrected chi connectivity index (χ1v) is 7.80. The molecule has 1 heterocycles. The lowest BCUT2D eigenvalue weighted by molar-refractivity contribution is -0.384. The third-order valence-electron chi connectivity index (χ3n) is 4.33. The fourth-order valence-corrected chi connectivity index (χ4v) is 2.81. The number of nitrogens with one attached hydrogen (secondary N) is 1. The number of hydrogen-bond acceptors (Lipinski definition) is 5. The van der Waals surface area contributed by atoms with Gasteiger partial charge in [0.1, 0.15) is 5.54 Å². The number of nitro groups is 1. The number of hydrogen-bond donors (Lipinski definition) is 1. The van der Waals surface area contributed by atoms with Gasteiger partial charge in [0.05, 0.1) is 11.5 Å². The highest BCUT2D eigenvalue weighted by atomic mass is 16.6. The summed E-state index contributed by atoms with van der Waals surface area (Å²) >= 11 is 0. The quantitative estimate of drug-likeness (QED) is 0.384. The average molecular weight is 353 g/mol. The molecule has 1 aliphatic rings. The molecular formula is C18H15N3O5. The zero-order valence-electron chi connectivity index (χ0n) is 13.8. The number of rotatable bonds is 5. The molecule has 8 nitrogen and oxygen atoms in total. The molecule has 2 aromatic carbocycles. The Morgan fingerprint density at radius 3 is 2.31 bits per heavy atom. The van der Waals surface area contributed by atoms with Crippen LogP contribution in [0.5, 0.6) is 0 Å². The maximum Gasteiger partial charge on any atom is 0.325 e. The summed E-state index contributed by atoms with van der Waals surface area (Å²) in [4.78, 5) is 48.4. The van der Waals surface area contributed by atoms with E-state index in [2.05, 4.69) is 5.32 Å². The average Bonchev–Trinajstić information content (AvgIpc) is 2.86. The van der Waals surface area contributed by atoms with Crippen molar-refractivity contribution in [2.45, 2.75) is 12.5 Å². The van der Waals surface area contributed by atoms with Gasteiger partial charge in [-0.2, -0.15) is 0 Å². The number of carbonyl (C=O) groups is 3. The molecule has 3 amide bonds. The lowest BCUT2D eigenvalue weighted by Gasteiger charge is -2.22. The molecule has 1 atom stereocenters. The maximum atomic E-state index is 12.8. The van der Waals surface area contributed by atoms with E-state index >= 15 is 0 Å². The van der Waals surface area contributed by atoms with Crippen molar-refractivity contribution in [3.8, 4) is 0 Å². The molecule has 132 valence electrons. The first-order valence-electron chi connectivity index (χ1n) is 7.80. The molecule has 1 aliphatic heterocycles. The topological polar surface area (TPSA) is 110 Å². The van der Waals surface area contributed by atoms with Crippen LogP contribution in [0, 0.1) is 10.1 Å². The minimum Gasteiger partial charge on any atom is -0.319 e. The number of benzene rings is 2. The van der Waals surface area contributed by atoms with E-state index in [0.29, 0.717) is 11.1 Å². The van der Waals surface area contributed by atoms with E-state index in [1.54, 1.807) is 30.3 Å². The molecule has 26 heavy (non-hydrogen) atoms. The molecule has 1 unspecified atom stereocenters. The highest BCUT2D eigenvalue weighted by Gasteiger charge is 2.49. The first-order chi connectivity index (χ1) is 12.3. The third kappa shape index (κ3) is 2.92. The number of nitrogens with zero attached hydrogens (tertiary/aromatic N) is 2. The van der Waals surface area contributed by atoms with Gasteiger partial charge in [-0.1, -0.05) is 30.3 Å². The van der Waals surface area contributed by atoms with E-state index in [4.69, 9.17) is 0 Å². The Morgan fingerprint density at radius 2 is 1.73 bits per heavy atom. The molecule has 1 fully saturated rings. The van der Waals surface area contributed by atoms with Crippen molar-refractivity contribution in [1.82, 2.24) is 10.2 Å². The fourth-order valence-electron chi connectivity index (χ4n) is 2.81. The molecule has 0 radical (unpaired) electrons. The van der Waals surface area contributed by atoms with E-state index in [-0.39, 0.29) is 18.0 Å². The van der Waals surface area contributed by atoms with Crippen molar-refractivity contribution >= 4 is 23.4 Å². The Labute approximate surface area is 148 Å². The number of non-ortho nitro benzene ring substituents is 1. The van der Waals surface area contributed by atoms with Crippen LogP contribution in [-0.4, -0.2) is 34.1 Å². The van der Waals surface area contributed by atoms with Crippen LogP contribution in [0.25, 0.3) is 0 Å². The number of ketones is 1. The molecule has 0 saturated carbocycles. The van der Waals surface area contributed by atoms with Crippen LogP contribution in [0.15, 0.2) is 54.6 Å². The molecule has 0 bridgehead atoms. The van der Waals surface area contributed by atoms with Crippen LogP contribution < -0.4 is 5.32 Å². The molecule has 1 saturated heterocycles. The predicted octanol–water partition coefficient (Wildman–Crippen LogP) is 2.24. The number of urea groups is 1. The van der Waals surface area contributed by atoms with Gasteiger partial charge in [-0.25, -0.2) is 4.79 Å². The lowest BCUT2D eigenvalue weighted by Crippen LogP contribution is -2.41. The molecule has 2 aromatic rings. The second-order valence-corrected chi connectivity index (χ2v) is 6.04. The summed E-state index contributed by atoms with van der Waals surface area (Å²) in [5, 5.41) is 13.3. The molecule has 0 aliphatic carbocycles. The predicted molar refractivity (Wildman–Crippen MR) is 91.5 cm³/mol. The van der Waals surface area contributed by atoms with E-state index in [1.807, 2.05) is 0 Å². The number of carbonyl (C=O) groups excluding carboxylic acids is 3. The summed E-state index contributed by atoms with van der Waals surface area (Å²) in [5.74, 6) is -0.942. The van der Waals surface area contributed by atoms with Gasteiger partial charge in [0, 0.05) is 17.7 Å². The number of amides is 3. The smallest absolute Gasteiger partial charge is 0.319 e. The van der Waals surface area contributed by atoms with E-state index in [9.17, 15) is 24.5 Å². The second-order valence-electron chi connectivity index (χ2n) is 6.04. The second kappa shape index (κ2) is 6.40. The summed E-state index contributed by atoms with van der Waals surface area (Å²) in [6.45, 7) is 1.12. The van der Waals surface area contributed by atoms with Gasteiger partial charge < -0.3 is 5.32 Å². The largest absolute Gasteiger partial charge is 0.325 e. The van der Waals surface area contributed by atoms with Crippen molar-refractivity contribution in [3.63, 3.8) is 0 Å². The van der Waals surface area contributed by atoms with E-state index < -0.39 is 22.4 Å². The summed E-state index contributed by atoms with van der Waals surface area (Å²) in [6, 6.07) is 13.0. The highest BCUT2D eigenvalue weighted by molar-refractivity contribution is 6.11. The number of imide groups is 1. The standard InChI is InChI=1S/C18H15N3O5/c1-18(13-7-9-14(10-8-13)21(25)26)16(23)20(17(24)19-18)11-15(22)12-5-3-2-4-6-12/h2-10H,11H2,1H3,(H,19,24). The van der Waals surface area contributed by atoms with Crippen LogP contribution in [0.3, 0.4) is 0 Å². The van der Waals surface area contributed by atoms with Crippen LogP contribution >= 0.6 is 0 Å². The lowest BCUT2D eigenvalue weighted by atomic mass is 9.92. The van der Waals surface area contributed by atoms with Gasteiger partial charge >= 0.3 is 6.03 Å². The molecular weight excluding hydrogens is 338 g/mol. The Balaban J connectivity index is 1.83. The molecule has 3 rings (SSSR count).